The van der Waals surface area contributed by atoms with E-state index in [2.05, 4.69) is 30.0 Å². The minimum atomic E-state index is -0.172. The van der Waals surface area contributed by atoms with E-state index in [4.69, 9.17) is 0 Å². The van der Waals surface area contributed by atoms with Crippen molar-refractivity contribution in [1.82, 2.24) is 4.90 Å². The molecule has 2 aromatic carbocycles. The first-order chi connectivity index (χ1) is 9.20. The van der Waals surface area contributed by atoms with Crippen molar-refractivity contribution in [3.63, 3.8) is 0 Å². The van der Waals surface area contributed by atoms with Crippen molar-refractivity contribution in [2.24, 2.45) is 0 Å². The second-order valence-corrected chi connectivity index (χ2v) is 5.19. The standard InChI is InChI=1S/C17H17FN/c1-13-2-5-15-8-9-19(12-16(15)10-13)11-14-3-6-17(18)7-4-14/h2-7,10H,1,8-9,11-12H2. The Hall–Kier alpha value is -1.67. The molecule has 2 heteroatoms. The highest BCUT2D eigenvalue weighted by atomic mass is 19.1. The van der Waals surface area contributed by atoms with Crippen molar-refractivity contribution in [3.8, 4) is 0 Å². The van der Waals surface area contributed by atoms with Crippen molar-refractivity contribution in [2.75, 3.05) is 6.54 Å². The number of hydrogen-bond donors (Lipinski definition) is 0. The van der Waals surface area contributed by atoms with Crippen molar-refractivity contribution < 1.29 is 4.39 Å². The van der Waals surface area contributed by atoms with E-state index in [0.717, 1.165) is 37.2 Å². The summed E-state index contributed by atoms with van der Waals surface area (Å²) in [4.78, 5) is 2.40. The molecule has 0 saturated carbocycles. The average molecular weight is 254 g/mol. The van der Waals surface area contributed by atoms with Gasteiger partial charge >= 0.3 is 0 Å². The Labute approximate surface area is 113 Å². The topological polar surface area (TPSA) is 3.24 Å². The van der Waals surface area contributed by atoms with Crippen molar-refractivity contribution in [1.29, 1.82) is 0 Å². The second kappa shape index (κ2) is 5.14. The van der Waals surface area contributed by atoms with Crippen molar-refractivity contribution >= 4 is 0 Å². The molecule has 0 fully saturated rings. The molecule has 19 heavy (non-hydrogen) atoms. The van der Waals surface area contributed by atoms with Gasteiger partial charge in [-0.15, -0.1) is 0 Å². The monoisotopic (exact) mass is 254 g/mol. The maximum absolute atomic E-state index is 12.9. The highest BCUT2D eigenvalue weighted by Crippen LogP contribution is 2.21. The number of halogens is 1. The Kier molecular flexibility index (Phi) is 3.34. The zero-order valence-electron chi connectivity index (χ0n) is 10.9. The van der Waals surface area contributed by atoms with Crippen LogP contribution in [0.5, 0.6) is 0 Å². The quantitative estimate of drug-likeness (QED) is 0.792. The average Bonchev–Trinajstić information content (AvgIpc) is 2.41. The van der Waals surface area contributed by atoms with Gasteiger partial charge in [0.2, 0.25) is 0 Å². The van der Waals surface area contributed by atoms with E-state index in [-0.39, 0.29) is 5.82 Å². The van der Waals surface area contributed by atoms with Crippen LogP contribution < -0.4 is 0 Å². The molecule has 1 aliphatic rings. The number of fused-ring (bicyclic) bond motifs is 1. The van der Waals surface area contributed by atoms with Gasteiger partial charge in [-0.05, 0) is 47.7 Å². The Balaban J connectivity index is 1.73. The van der Waals surface area contributed by atoms with Crippen LogP contribution in [0.3, 0.4) is 0 Å². The third-order valence-electron chi connectivity index (χ3n) is 3.68. The molecule has 0 aliphatic carbocycles. The van der Waals surface area contributed by atoms with Gasteiger partial charge < -0.3 is 0 Å². The predicted octanol–water partition coefficient (Wildman–Crippen LogP) is 3.57. The Morgan fingerprint density at radius 1 is 1.05 bits per heavy atom. The molecule has 0 saturated heterocycles. The zero-order valence-corrected chi connectivity index (χ0v) is 10.9. The summed E-state index contributed by atoms with van der Waals surface area (Å²) in [5, 5.41) is 0. The van der Waals surface area contributed by atoms with Gasteiger partial charge in [-0.3, -0.25) is 4.90 Å². The van der Waals surface area contributed by atoms with Gasteiger partial charge in [0.25, 0.3) is 0 Å². The molecule has 1 aliphatic heterocycles. The molecule has 97 valence electrons. The maximum Gasteiger partial charge on any atom is 0.123 e. The zero-order chi connectivity index (χ0) is 13.2. The second-order valence-electron chi connectivity index (χ2n) is 5.19. The lowest BCUT2D eigenvalue weighted by molar-refractivity contribution is 0.245. The number of hydrogen-bond acceptors (Lipinski definition) is 1. The molecule has 0 N–H and O–H groups in total. The number of nitrogens with zero attached hydrogens (tertiary/aromatic N) is 1. The van der Waals surface area contributed by atoms with Gasteiger partial charge in [-0.1, -0.05) is 30.3 Å². The van der Waals surface area contributed by atoms with E-state index in [0.29, 0.717) is 0 Å². The number of benzene rings is 2. The van der Waals surface area contributed by atoms with E-state index in [1.807, 2.05) is 12.1 Å². The van der Waals surface area contributed by atoms with Crippen molar-refractivity contribution in [3.05, 3.63) is 77.5 Å². The van der Waals surface area contributed by atoms with Crippen LogP contribution in [0.2, 0.25) is 0 Å². The summed E-state index contributed by atoms with van der Waals surface area (Å²) < 4.78 is 12.9. The molecular weight excluding hydrogens is 237 g/mol. The highest BCUT2D eigenvalue weighted by Gasteiger charge is 2.16. The van der Waals surface area contributed by atoms with Gasteiger partial charge in [-0.2, -0.15) is 0 Å². The summed E-state index contributed by atoms with van der Waals surface area (Å²) in [5.74, 6) is -0.172. The summed E-state index contributed by atoms with van der Waals surface area (Å²) in [6.45, 7) is 6.87. The fourth-order valence-electron chi connectivity index (χ4n) is 2.65. The molecule has 1 heterocycles. The van der Waals surface area contributed by atoms with Gasteiger partial charge in [0.1, 0.15) is 5.82 Å². The molecule has 0 atom stereocenters. The van der Waals surface area contributed by atoms with Crippen molar-refractivity contribution in [2.45, 2.75) is 19.5 Å². The summed E-state index contributed by atoms with van der Waals surface area (Å²) in [6.07, 6.45) is 1.08. The summed E-state index contributed by atoms with van der Waals surface area (Å²) in [7, 11) is 0. The summed E-state index contributed by atoms with van der Waals surface area (Å²) >= 11 is 0. The minimum absolute atomic E-state index is 0.172. The van der Waals surface area contributed by atoms with Crippen LogP contribution >= 0.6 is 0 Å². The molecule has 0 amide bonds. The molecule has 3 rings (SSSR count). The third-order valence-corrected chi connectivity index (χ3v) is 3.68. The van der Waals surface area contributed by atoms with Crippen LogP contribution in [0.1, 0.15) is 22.3 Å². The lowest BCUT2D eigenvalue weighted by atomic mass is 9.97. The van der Waals surface area contributed by atoms with Crippen LogP contribution in [0.15, 0.2) is 42.5 Å². The lowest BCUT2D eigenvalue weighted by Crippen LogP contribution is -2.30. The lowest BCUT2D eigenvalue weighted by Gasteiger charge is -2.29. The molecule has 0 aromatic heterocycles. The third kappa shape index (κ3) is 2.85. The Bertz CT molecular complexity index is 574. The van der Waals surface area contributed by atoms with Crippen LogP contribution in [-0.2, 0) is 19.5 Å². The maximum atomic E-state index is 12.9. The van der Waals surface area contributed by atoms with E-state index >= 15 is 0 Å². The Morgan fingerprint density at radius 3 is 2.63 bits per heavy atom. The first-order valence-corrected chi connectivity index (χ1v) is 6.61. The van der Waals surface area contributed by atoms with Crippen LogP contribution in [-0.4, -0.2) is 11.4 Å². The summed E-state index contributed by atoms with van der Waals surface area (Å²) in [5.41, 5.74) is 5.04. The fraction of sp³-hybridized carbons (Fsp3) is 0.235. The minimum Gasteiger partial charge on any atom is -0.294 e. The van der Waals surface area contributed by atoms with Gasteiger partial charge in [-0.25, -0.2) is 4.39 Å². The SMILES string of the molecule is [CH2]c1ccc2c(c1)CN(Cc1ccc(F)cc1)CC2. The smallest absolute Gasteiger partial charge is 0.123 e. The van der Waals surface area contributed by atoms with Gasteiger partial charge in [0.05, 0.1) is 0 Å². The fourth-order valence-corrected chi connectivity index (χ4v) is 2.65. The van der Waals surface area contributed by atoms with E-state index in [9.17, 15) is 4.39 Å². The van der Waals surface area contributed by atoms with Gasteiger partial charge in [0.15, 0.2) is 0 Å². The molecule has 1 nitrogen and oxygen atoms in total. The largest absolute Gasteiger partial charge is 0.294 e. The Morgan fingerprint density at radius 2 is 1.84 bits per heavy atom. The molecule has 0 unspecified atom stereocenters. The molecule has 0 spiro atoms. The van der Waals surface area contributed by atoms with E-state index in [1.165, 1.54) is 23.3 Å². The normalized spacial score (nSPS) is 15.3. The van der Waals surface area contributed by atoms with Gasteiger partial charge in [0, 0.05) is 19.6 Å². The molecule has 1 radical (unpaired) electrons. The number of rotatable bonds is 2. The first-order valence-electron chi connectivity index (χ1n) is 6.61. The van der Waals surface area contributed by atoms with E-state index < -0.39 is 0 Å². The van der Waals surface area contributed by atoms with E-state index in [1.54, 1.807) is 0 Å². The van der Waals surface area contributed by atoms with Crippen LogP contribution in [0.25, 0.3) is 0 Å². The van der Waals surface area contributed by atoms with Crippen LogP contribution in [0, 0.1) is 12.7 Å². The van der Waals surface area contributed by atoms with Crippen LogP contribution in [0.4, 0.5) is 4.39 Å². The molecule has 2 aromatic rings. The first kappa shape index (κ1) is 12.4. The highest BCUT2D eigenvalue weighted by molar-refractivity contribution is 5.35. The molecular formula is C17H17FN. The molecule has 0 bridgehead atoms. The summed E-state index contributed by atoms with van der Waals surface area (Å²) in [6, 6.07) is 13.2. The predicted molar refractivity (Wildman–Crippen MR) is 75.1 cm³/mol.